The predicted octanol–water partition coefficient (Wildman–Crippen LogP) is 4.56. The van der Waals surface area contributed by atoms with Crippen LogP contribution in [0, 0.1) is 11.8 Å². The highest BCUT2D eigenvalue weighted by Crippen LogP contribution is 2.24. The van der Waals surface area contributed by atoms with Gasteiger partial charge in [0.15, 0.2) is 0 Å². The summed E-state index contributed by atoms with van der Waals surface area (Å²) in [6.07, 6.45) is 15.1. The number of hydrogen-bond donors (Lipinski definition) is 1. The van der Waals surface area contributed by atoms with E-state index in [9.17, 15) is 19.2 Å². The first kappa shape index (κ1) is 40.8. The topological polar surface area (TPSA) is 103 Å². The highest BCUT2D eigenvalue weighted by atomic mass is 16.5. The van der Waals surface area contributed by atoms with Crippen molar-refractivity contribution in [2.45, 2.75) is 130 Å². The van der Waals surface area contributed by atoms with Crippen LogP contribution in [0.1, 0.15) is 112 Å². The summed E-state index contributed by atoms with van der Waals surface area (Å²) in [4.78, 5) is 53.7. The lowest BCUT2D eigenvalue weighted by molar-refractivity contribution is -0.136. The lowest BCUT2D eigenvalue weighted by Gasteiger charge is -2.37. The van der Waals surface area contributed by atoms with Crippen molar-refractivity contribution in [2.24, 2.45) is 11.8 Å². The van der Waals surface area contributed by atoms with E-state index in [1.165, 1.54) is 51.6 Å². The molecule has 4 fully saturated rings. The summed E-state index contributed by atoms with van der Waals surface area (Å²) in [6, 6.07) is -0.0242. The van der Waals surface area contributed by atoms with Gasteiger partial charge in [-0.1, -0.05) is 47.5 Å². The number of carbonyl (C=O) groups excluding carboxylic acids is 4. The summed E-state index contributed by atoms with van der Waals surface area (Å²) in [6.45, 7) is 17.3. The molecule has 262 valence electrons. The molecule has 10 heteroatoms. The van der Waals surface area contributed by atoms with Gasteiger partial charge in [-0.25, -0.2) is 0 Å². The summed E-state index contributed by atoms with van der Waals surface area (Å²) in [5.41, 5.74) is 0. The molecule has 4 aliphatic rings. The smallest absolute Gasteiger partial charge is 0.293 e. The van der Waals surface area contributed by atoms with E-state index < -0.39 is 0 Å². The van der Waals surface area contributed by atoms with Gasteiger partial charge in [-0.05, 0) is 103 Å². The monoisotopic (exact) mass is 638 g/mol. The summed E-state index contributed by atoms with van der Waals surface area (Å²) in [7, 11) is 3.98. The van der Waals surface area contributed by atoms with Crippen LogP contribution in [-0.2, 0) is 23.9 Å². The minimum Gasteiger partial charge on any atom is -0.465 e. The second-order valence-electron chi connectivity index (χ2n) is 14.1. The quantitative estimate of drug-likeness (QED) is 0.351. The van der Waals surface area contributed by atoms with Crippen molar-refractivity contribution in [1.82, 2.24) is 24.9 Å². The molecule has 3 aliphatic heterocycles. The Labute approximate surface area is 274 Å². The summed E-state index contributed by atoms with van der Waals surface area (Å²) >= 11 is 0. The van der Waals surface area contributed by atoms with Crippen molar-refractivity contribution < 1.29 is 23.9 Å². The number of likely N-dealkylation sites (N-methyl/N-ethyl adjacent to an activating group) is 1. The normalized spacial score (nSPS) is 21.4. The third-order valence-electron chi connectivity index (χ3n) is 8.86. The molecule has 0 radical (unpaired) electrons. The first-order valence-corrected chi connectivity index (χ1v) is 17.7. The van der Waals surface area contributed by atoms with Gasteiger partial charge >= 0.3 is 0 Å². The maximum Gasteiger partial charge on any atom is 0.293 e. The first-order valence-electron chi connectivity index (χ1n) is 17.7. The lowest BCUT2D eigenvalue weighted by Crippen LogP contribution is -2.53. The molecule has 0 aromatic rings. The number of amides is 3. The number of hydrogen-bond acceptors (Lipinski definition) is 7. The van der Waals surface area contributed by atoms with Crippen LogP contribution >= 0.6 is 0 Å². The Bertz CT molecular complexity index is 805. The molecule has 1 aliphatic carbocycles. The van der Waals surface area contributed by atoms with Gasteiger partial charge in [-0.2, -0.15) is 0 Å². The summed E-state index contributed by atoms with van der Waals surface area (Å²) in [5.74, 6) is 1.26. The van der Waals surface area contributed by atoms with E-state index in [-0.39, 0.29) is 42.5 Å². The van der Waals surface area contributed by atoms with Crippen LogP contribution in [0.25, 0.3) is 0 Å². The second kappa shape index (κ2) is 24.0. The molecule has 0 bridgehead atoms. The molecule has 3 saturated heterocycles. The highest BCUT2D eigenvalue weighted by Gasteiger charge is 2.37. The van der Waals surface area contributed by atoms with Crippen LogP contribution in [-0.4, -0.2) is 122 Å². The number of nitrogens with one attached hydrogen (secondary N) is 1. The standard InChI is InChI=1S/C18H32N4O3.C7H12O2.C6H13N.C4H10/c1-14(2)16(20(3)17(24)11-19-13-23)12-22-10-6-7-15(22)18(25)21-8-4-5-9-21;8-6-9-7-4-2-1-3-5-7;1-7-5-3-2-4-6-7;1-4(2)3/h13-16H,4-12H2,1-3H3,(H,19,23);6-7H,1-5H2;2-6H2,1H3;4H,1-3H3/t15-,16+;;;/m0.../s1. The number of likely N-dealkylation sites (tertiary alicyclic amines) is 3. The Hall–Kier alpha value is -2.20. The molecule has 3 heterocycles. The minimum absolute atomic E-state index is 0.0133. The van der Waals surface area contributed by atoms with Crippen molar-refractivity contribution in [2.75, 3.05) is 59.9 Å². The van der Waals surface area contributed by atoms with Crippen molar-refractivity contribution in [1.29, 1.82) is 0 Å². The van der Waals surface area contributed by atoms with Crippen molar-refractivity contribution in [3.05, 3.63) is 0 Å². The van der Waals surface area contributed by atoms with Crippen LogP contribution in [0.5, 0.6) is 0 Å². The Morgan fingerprint density at radius 3 is 1.87 bits per heavy atom. The van der Waals surface area contributed by atoms with Gasteiger partial charge in [0.25, 0.3) is 6.47 Å². The SMILES string of the molecule is CC(C)C.CC(C)[C@@H](CN1CCC[C@H]1C(=O)N1CCCC1)N(C)C(=O)CNC=O.CN1CCCCC1.O=COC1CCCCC1. The van der Waals surface area contributed by atoms with Crippen LogP contribution in [0.3, 0.4) is 0 Å². The van der Waals surface area contributed by atoms with Crippen molar-refractivity contribution >= 4 is 24.7 Å². The zero-order valence-corrected chi connectivity index (χ0v) is 29.8. The zero-order valence-electron chi connectivity index (χ0n) is 29.8. The van der Waals surface area contributed by atoms with E-state index in [4.69, 9.17) is 4.74 Å². The highest BCUT2D eigenvalue weighted by molar-refractivity contribution is 5.82. The van der Waals surface area contributed by atoms with Crippen molar-refractivity contribution in [3.8, 4) is 0 Å². The number of rotatable bonds is 10. The van der Waals surface area contributed by atoms with E-state index >= 15 is 0 Å². The van der Waals surface area contributed by atoms with Gasteiger partial charge in [0, 0.05) is 32.7 Å². The molecule has 0 aromatic heterocycles. The van der Waals surface area contributed by atoms with Gasteiger partial charge in [-0.3, -0.25) is 24.1 Å². The van der Waals surface area contributed by atoms with Gasteiger partial charge in [-0.15, -0.1) is 0 Å². The molecule has 45 heavy (non-hydrogen) atoms. The number of carbonyl (C=O) groups is 4. The predicted molar refractivity (Wildman–Crippen MR) is 182 cm³/mol. The second-order valence-corrected chi connectivity index (χ2v) is 14.1. The zero-order chi connectivity index (χ0) is 33.6. The molecule has 0 unspecified atom stereocenters. The number of nitrogens with zero attached hydrogens (tertiary/aromatic N) is 4. The van der Waals surface area contributed by atoms with Crippen LogP contribution in [0.4, 0.5) is 0 Å². The Morgan fingerprint density at radius 2 is 1.38 bits per heavy atom. The number of piperidine rings is 1. The Kier molecular flexibility index (Phi) is 21.8. The van der Waals surface area contributed by atoms with Crippen LogP contribution < -0.4 is 5.32 Å². The molecular formula is C35H67N5O5. The fourth-order valence-corrected chi connectivity index (χ4v) is 6.26. The maximum atomic E-state index is 12.8. The maximum absolute atomic E-state index is 12.8. The van der Waals surface area contributed by atoms with Gasteiger partial charge in [0.2, 0.25) is 18.2 Å². The third kappa shape index (κ3) is 17.3. The van der Waals surface area contributed by atoms with Gasteiger partial charge in [0.05, 0.1) is 12.6 Å². The Balaban J connectivity index is 0.000000407. The molecule has 0 aromatic carbocycles. The average Bonchev–Trinajstić information content (AvgIpc) is 3.72. The average molecular weight is 638 g/mol. The van der Waals surface area contributed by atoms with Gasteiger partial charge in [0.1, 0.15) is 6.10 Å². The molecule has 1 N–H and O–H groups in total. The largest absolute Gasteiger partial charge is 0.465 e. The van der Waals surface area contributed by atoms with E-state index in [1.807, 2.05) is 4.90 Å². The fraction of sp³-hybridized carbons (Fsp3) is 0.886. The molecule has 10 nitrogen and oxygen atoms in total. The van der Waals surface area contributed by atoms with Crippen LogP contribution in [0.15, 0.2) is 0 Å². The van der Waals surface area contributed by atoms with Crippen LogP contribution in [0.2, 0.25) is 0 Å². The lowest BCUT2D eigenvalue weighted by atomic mass is 9.98. The molecule has 4 rings (SSSR count). The molecule has 3 amide bonds. The summed E-state index contributed by atoms with van der Waals surface area (Å²) in [5, 5.41) is 2.43. The van der Waals surface area contributed by atoms with E-state index in [0.717, 1.165) is 64.1 Å². The summed E-state index contributed by atoms with van der Waals surface area (Å²) < 4.78 is 4.80. The van der Waals surface area contributed by atoms with E-state index in [1.54, 1.807) is 11.9 Å². The Morgan fingerprint density at radius 1 is 0.822 bits per heavy atom. The van der Waals surface area contributed by atoms with E-state index in [2.05, 4.69) is 56.8 Å². The molecule has 0 spiro atoms. The first-order chi connectivity index (χ1) is 21.5. The molecule has 1 saturated carbocycles. The third-order valence-corrected chi connectivity index (χ3v) is 8.86. The molecule has 2 atom stereocenters. The molecular weight excluding hydrogens is 570 g/mol. The van der Waals surface area contributed by atoms with Gasteiger partial charge < -0.3 is 24.8 Å². The fourth-order valence-electron chi connectivity index (χ4n) is 6.26. The number of ether oxygens (including phenoxy) is 1. The van der Waals surface area contributed by atoms with Crippen molar-refractivity contribution in [3.63, 3.8) is 0 Å². The van der Waals surface area contributed by atoms with E-state index in [0.29, 0.717) is 19.4 Å². The minimum atomic E-state index is -0.104.